The number of imide groups is 1. The molecule has 124 valence electrons. The molecule has 2 fully saturated rings. The van der Waals surface area contributed by atoms with E-state index >= 15 is 0 Å². The maximum absolute atomic E-state index is 12.6. The highest BCUT2D eigenvalue weighted by molar-refractivity contribution is 6.07. The Morgan fingerprint density at radius 3 is 2.39 bits per heavy atom. The van der Waals surface area contributed by atoms with Gasteiger partial charge in [-0.3, -0.25) is 19.6 Å². The van der Waals surface area contributed by atoms with Crippen molar-refractivity contribution in [2.75, 3.05) is 13.1 Å². The van der Waals surface area contributed by atoms with Crippen LogP contribution in [0.1, 0.15) is 44.0 Å². The normalized spacial score (nSPS) is 20.6. The van der Waals surface area contributed by atoms with Crippen molar-refractivity contribution in [3.8, 4) is 0 Å². The van der Waals surface area contributed by atoms with E-state index in [1.165, 1.54) is 0 Å². The molecule has 1 spiro atoms. The molecular weight excluding hydrogens is 298 g/mol. The maximum atomic E-state index is 12.6. The van der Waals surface area contributed by atoms with E-state index in [0.717, 1.165) is 0 Å². The summed E-state index contributed by atoms with van der Waals surface area (Å²) >= 11 is 0. The van der Waals surface area contributed by atoms with Gasteiger partial charge in [-0.25, -0.2) is 4.79 Å². The van der Waals surface area contributed by atoms with E-state index in [1.807, 2.05) is 20.8 Å². The van der Waals surface area contributed by atoms with Crippen LogP contribution in [0.2, 0.25) is 0 Å². The summed E-state index contributed by atoms with van der Waals surface area (Å²) < 4.78 is 1.76. The fraction of sp³-hybridized carbons (Fsp3) is 0.600. The third-order valence-corrected chi connectivity index (χ3v) is 4.44. The van der Waals surface area contributed by atoms with Crippen LogP contribution < -0.4 is 10.6 Å². The van der Waals surface area contributed by atoms with Gasteiger partial charge in [-0.15, -0.1) is 0 Å². The first kappa shape index (κ1) is 15.5. The predicted molar refractivity (Wildman–Crippen MR) is 81.8 cm³/mol. The summed E-state index contributed by atoms with van der Waals surface area (Å²) in [5.41, 5.74) is -0.504. The van der Waals surface area contributed by atoms with Gasteiger partial charge in [-0.05, 0) is 33.6 Å². The van der Waals surface area contributed by atoms with Crippen LogP contribution >= 0.6 is 0 Å². The number of hydrogen-bond acceptors (Lipinski definition) is 4. The van der Waals surface area contributed by atoms with E-state index in [4.69, 9.17) is 0 Å². The predicted octanol–water partition coefficient (Wildman–Crippen LogP) is 0.452. The van der Waals surface area contributed by atoms with Crippen molar-refractivity contribution >= 4 is 17.8 Å². The van der Waals surface area contributed by atoms with Gasteiger partial charge >= 0.3 is 6.03 Å². The Bertz CT molecular complexity index is 665. The Balaban J connectivity index is 1.68. The van der Waals surface area contributed by atoms with Crippen LogP contribution in [0.25, 0.3) is 0 Å². The number of nitrogens with one attached hydrogen (secondary N) is 2. The molecule has 8 nitrogen and oxygen atoms in total. The summed E-state index contributed by atoms with van der Waals surface area (Å²) in [6, 6.07) is -0.457. The third kappa shape index (κ3) is 2.69. The molecule has 3 heterocycles. The third-order valence-electron chi connectivity index (χ3n) is 4.44. The van der Waals surface area contributed by atoms with Crippen LogP contribution in [0.3, 0.4) is 0 Å². The van der Waals surface area contributed by atoms with E-state index in [9.17, 15) is 14.4 Å². The number of aromatic nitrogens is 2. The van der Waals surface area contributed by atoms with Gasteiger partial charge in [0.2, 0.25) is 0 Å². The monoisotopic (exact) mass is 319 g/mol. The lowest BCUT2D eigenvalue weighted by atomic mass is 9.87. The molecule has 0 saturated carbocycles. The summed E-state index contributed by atoms with van der Waals surface area (Å²) in [5, 5.41) is 9.20. The maximum Gasteiger partial charge on any atom is 0.322 e. The molecule has 0 aromatic carbocycles. The van der Waals surface area contributed by atoms with Gasteiger partial charge < -0.3 is 10.2 Å². The number of piperidine rings is 1. The number of carbonyl (C=O) groups is 3. The summed E-state index contributed by atoms with van der Waals surface area (Å²) in [5.74, 6) is -0.393. The molecular formula is C15H21N5O3. The summed E-state index contributed by atoms with van der Waals surface area (Å²) in [6.07, 6.45) is 4.16. The molecule has 0 radical (unpaired) electrons. The molecule has 1 aromatic heterocycles. The number of carbonyl (C=O) groups excluding carboxylic acids is 3. The van der Waals surface area contributed by atoms with Crippen molar-refractivity contribution in [1.82, 2.24) is 25.3 Å². The lowest BCUT2D eigenvalue weighted by Crippen LogP contribution is -2.55. The fourth-order valence-corrected chi connectivity index (χ4v) is 2.95. The molecule has 4 amide bonds. The highest BCUT2D eigenvalue weighted by Crippen LogP contribution is 2.26. The lowest BCUT2D eigenvalue weighted by molar-refractivity contribution is -0.125. The summed E-state index contributed by atoms with van der Waals surface area (Å²) in [4.78, 5) is 37.5. The van der Waals surface area contributed by atoms with E-state index in [-0.39, 0.29) is 17.4 Å². The SMILES string of the molecule is CC(C)(C)n1cc(C(=O)N2CCC3(CC2)NC(=O)NC3=O)cn1. The second-order valence-electron chi connectivity index (χ2n) is 7.13. The zero-order valence-corrected chi connectivity index (χ0v) is 13.5. The van der Waals surface area contributed by atoms with E-state index in [2.05, 4.69) is 15.7 Å². The van der Waals surface area contributed by atoms with Crippen molar-refractivity contribution in [1.29, 1.82) is 0 Å². The number of amides is 4. The molecule has 1 aromatic rings. The summed E-state index contributed by atoms with van der Waals surface area (Å²) in [7, 11) is 0. The zero-order chi connectivity index (χ0) is 16.8. The molecule has 0 bridgehead atoms. The van der Waals surface area contributed by atoms with Crippen molar-refractivity contribution in [3.63, 3.8) is 0 Å². The van der Waals surface area contributed by atoms with Gasteiger partial charge in [-0.2, -0.15) is 5.10 Å². The van der Waals surface area contributed by atoms with Crippen molar-refractivity contribution < 1.29 is 14.4 Å². The van der Waals surface area contributed by atoms with Gasteiger partial charge in [0.15, 0.2) is 0 Å². The van der Waals surface area contributed by atoms with Crippen LogP contribution in [-0.4, -0.2) is 51.2 Å². The standard InChI is InChI=1S/C15H21N5O3/c1-14(2,3)20-9-10(8-16-20)11(21)19-6-4-15(5-7-19)12(22)17-13(23)18-15/h8-9H,4-7H2,1-3H3,(H2,17,18,22,23). The average Bonchev–Trinajstić information content (AvgIpc) is 3.05. The fourth-order valence-electron chi connectivity index (χ4n) is 2.95. The average molecular weight is 319 g/mol. The van der Waals surface area contributed by atoms with E-state index < -0.39 is 11.6 Å². The Hall–Kier alpha value is -2.38. The quantitative estimate of drug-likeness (QED) is 0.735. The highest BCUT2D eigenvalue weighted by atomic mass is 16.2. The number of likely N-dealkylation sites (tertiary alicyclic amines) is 1. The summed E-state index contributed by atoms with van der Waals surface area (Å²) in [6.45, 7) is 6.89. The van der Waals surface area contributed by atoms with Crippen LogP contribution in [-0.2, 0) is 10.3 Å². The molecule has 0 unspecified atom stereocenters. The first-order chi connectivity index (χ1) is 10.7. The van der Waals surface area contributed by atoms with Crippen molar-refractivity contribution in [2.45, 2.75) is 44.7 Å². The Morgan fingerprint density at radius 2 is 1.91 bits per heavy atom. The van der Waals surface area contributed by atoms with E-state index in [0.29, 0.717) is 31.5 Å². The topological polar surface area (TPSA) is 96.3 Å². The van der Waals surface area contributed by atoms with E-state index in [1.54, 1.807) is 22.0 Å². The van der Waals surface area contributed by atoms with Gasteiger partial charge in [-0.1, -0.05) is 0 Å². The number of rotatable bonds is 1. The number of hydrogen-bond donors (Lipinski definition) is 2. The largest absolute Gasteiger partial charge is 0.338 e. The van der Waals surface area contributed by atoms with Gasteiger partial charge in [0, 0.05) is 19.3 Å². The zero-order valence-electron chi connectivity index (χ0n) is 13.5. The van der Waals surface area contributed by atoms with Crippen LogP contribution in [0.15, 0.2) is 12.4 Å². The second kappa shape index (κ2) is 5.07. The smallest absolute Gasteiger partial charge is 0.322 e. The molecule has 2 aliphatic heterocycles. The molecule has 0 atom stereocenters. The minimum Gasteiger partial charge on any atom is -0.338 e. The molecule has 2 aliphatic rings. The minimum atomic E-state index is -0.858. The molecule has 8 heteroatoms. The molecule has 23 heavy (non-hydrogen) atoms. The van der Waals surface area contributed by atoms with Crippen LogP contribution in [0, 0.1) is 0 Å². The number of nitrogens with zero attached hydrogens (tertiary/aromatic N) is 3. The Morgan fingerprint density at radius 1 is 1.26 bits per heavy atom. The minimum absolute atomic E-state index is 0.0971. The second-order valence-corrected chi connectivity index (χ2v) is 7.13. The molecule has 3 rings (SSSR count). The molecule has 2 saturated heterocycles. The van der Waals surface area contributed by atoms with Gasteiger partial charge in [0.25, 0.3) is 11.8 Å². The Kier molecular flexibility index (Phi) is 3.42. The van der Waals surface area contributed by atoms with Crippen LogP contribution in [0.5, 0.6) is 0 Å². The first-order valence-electron chi connectivity index (χ1n) is 7.69. The van der Waals surface area contributed by atoms with Gasteiger partial charge in [0.1, 0.15) is 5.54 Å². The highest BCUT2D eigenvalue weighted by Gasteiger charge is 2.48. The van der Waals surface area contributed by atoms with Crippen LogP contribution in [0.4, 0.5) is 4.79 Å². The Labute approximate surface area is 134 Å². The lowest BCUT2D eigenvalue weighted by Gasteiger charge is -2.36. The van der Waals surface area contributed by atoms with Gasteiger partial charge in [0.05, 0.1) is 17.3 Å². The molecule has 0 aliphatic carbocycles. The first-order valence-corrected chi connectivity index (χ1v) is 7.69. The van der Waals surface area contributed by atoms with Crippen molar-refractivity contribution in [3.05, 3.63) is 18.0 Å². The van der Waals surface area contributed by atoms with Crippen molar-refractivity contribution in [2.24, 2.45) is 0 Å². The number of urea groups is 1. The molecule has 2 N–H and O–H groups in total.